The molecule has 1 fully saturated rings. The minimum Gasteiger partial charge on any atom is -0.389 e. The number of halogens is 1. The number of rotatable bonds is 1. The van der Waals surface area contributed by atoms with Gasteiger partial charge in [0.15, 0.2) is 0 Å². The van der Waals surface area contributed by atoms with Crippen molar-refractivity contribution in [3.8, 4) is 0 Å². The fourth-order valence-corrected chi connectivity index (χ4v) is 1.46. The van der Waals surface area contributed by atoms with Gasteiger partial charge in [0.25, 0.3) is 0 Å². The summed E-state index contributed by atoms with van der Waals surface area (Å²) in [7, 11) is 0. The Hall–Kier alpha value is 0.170. The average molecular weight is 166 g/mol. The predicted molar refractivity (Wildman–Crippen MR) is 39.0 cm³/mol. The van der Waals surface area contributed by atoms with E-state index in [-0.39, 0.29) is 17.6 Å². The Morgan fingerprint density at radius 1 is 1.70 bits per heavy atom. The Morgan fingerprint density at radius 3 is 2.50 bits per heavy atom. The van der Waals surface area contributed by atoms with Crippen LogP contribution < -0.4 is 5.73 Å². The Morgan fingerprint density at radius 2 is 2.30 bits per heavy atom. The van der Waals surface area contributed by atoms with E-state index >= 15 is 0 Å². The van der Waals surface area contributed by atoms with Gasteiger partial charge >= 0.3 is 0 Å². The first kappa shape index (κ1) is 8.27. The number of aliphatic hydroxyl groups excluding tert-OH is 1. The van der Waals surface area contributed by atoms with Crippen molar-refractivity contribution in [2.75, 3.05) is 6.54 Å². The molecule has 1 rings (SSSR count). The van der Waals surface area contributed by atoms with E-state index in [0.717, 1.165) is 0 Å². The number of alkyl halides is 1. The van der Waals surface area contributed by atoms with Crippen LogP contribution in [0.25, 0.3) is 0 Å². The fraction of sp³-hybridized carbons (Fsp3) is 1.00. The highest BCUT2D eigenvalue weighted by Gasteiger charge is 2.38. The predicted octanol–water partition coefficient (Wildman–Crippen LogP) is -0.299. The quantitative estimate of drug-likeness (QED) is 0.525. The second-order valence-corrected chi connectivity index (χ2v) is 3.05. The minimum atomic E-state index is -0.574. The Balaban J connectivity index is 2.53. The zero-order chi connectivity index (χ0) is 7.72. The molecule has 4 atom stereocenters. The molecule has 1 heterocycles. The van der Waals surface area contributed by atoms with Crippen molar-refractivity contribution < 1.29 is 9.84 Å². The van der Waals surface area contributed by atoms with Gasteiger partial charge in [0, 0.05) is 6.54 Å². The first-order valence-electron chi connectivity index (χ1n) is 3.34. The monoisotopic (exact) mass is 165 g/mol. The second-order valence-electron chi connectivity index (χ2n) is 2.55. The molecule has 0 saturated carbocycles. The van der Waals surface area contributed by atoms with E-state index in [9.17, 15) is 5.11 Å². The average Bonchev–Trinajstić information content (AvgIpc) is 2.17. The number of hydrogen-bond acceptors (Lipinski definition) is 3. The van der Waals surface area contributed by atoms with Crippen LogP contribution in [0, 0.1) is 0 Å². The van der Waals surface area contributed by atoms with Crippen LogP contribution in [0.4, 0.5) is 0 Å². The van der Waals surface area contributed by atoms with Crippen LogP contribution in [0.2, 0.25) is 0 Å². The summed E-state index contributed by atoms with van der Waals surface area (Å²) in [6.07, 6.45) is -0.946. The summed E-state index contributed by atoms with van der Waals surface area (Å²) in [5.41, 5.74) is 5.33. The second kappa shape index (κ2) is 3.05. The number of ether oxygens (including phenoxy) is 1. The molecule has 60 valence electrons. The van der Waals surface area contributed by atoms with Crippen LogP contribution in [-0.2, 0) is 4.74 Å². The van der Waals surface area contributed by atoms with E-state index < -0.39 is 6.10 Å². The summed E-state index contributed by atoms with van der Waals surface area (Å²) in [6, 6.07) is 0. The molecule has 0 aromatic rings. The summed E-state index contributed by atoms with van der Waals surface area (Å²) >= 11 is 5.77. The maximum Gasteiger partial charge on any atom is 0.0988 e. The molecular formula is C6H12ClNO2. The Labute approximate surface area is 65.1 Å². The highest BCUT2D eigenvalue weighted by atomic mass is 35.5. The van der Waals surface area contributed by atoms with E-state index in [1.165, 1.54) is 0 Å². The molecule has 10 heavy (non-hydrogen) atoms. The first-order valence-corrected chi connectivity index (χ1v) is 3.78. The molecule has 4 heteroatoms. The van der Waals surface area contributed by atoms with E-state index in [1.807, 2.05) is 0 Å². The highest BCUT2D eigenvalue weighted by molar-refractivity contribution is 6.21. The van der Waals surface area contributed by atoms with Crippen LogP contribution >= 0.6 is 11.6 Å². The lowest BCUT2D eigenvalue weighted by atomic mass is 10.1. The van der Waals surface area contributed by atoms with Crippen LogP contribution in [0.15, 0.2) is 0 Å². The zero-order valence-electron chi connectivity index (χ0n) is 5.83. The molecule has 0 aliphatic carbocycles. The lowest BCUT2D eigenvalue weighted by Crippen LogP contribution is -2.31. The van der Waals surface area contributed by atoms with Gasteiger partial charge < -0.3 is 15.6 Å². The zero-order valence-corrected chi connectivity index (χ0v) is 6.58. The van der Waals surface area contributed by atoms with Gasteiger partial charge in [-0.1, -0.05) is 0 Å². The van der Waals surface area contributed by atoms with Crippen molar-refractivity contribution >= 4 is 11.6 Å². The molecule has 0 aromatic carbocycles. The largest absolute Gasteiger partial charge is 0.389 e. The third-order valence-electron chi connectivity index (χ3n) is 1.78. The van der Waals surface area contributed by atoms with Gasteiger partial charge in [0.1, 0.15) is 0 Å². The summed E-state index contributed by atoms with van der Waals surface area (Å²) in [5, 5.41) is 8.91. The molecule has 3 N–H and O–H groups in total. The molecule has 0 aromatic heterocycles. The van der Waals surface area contributed by atoms with E-state index in [2.05, 4.69) is 0 Å². The molecule has 0 radical (unpaired) electrons. The van der Waals surface area contributed by atoms with Crippen LogP contribution in [0.3, 0.4) is 0 Å². The molecule has 3 nitrogen and oxygen atoms in total. The SMILES string of the molecule is C[C@@H]1O[C@H](CN)[C@H](Cl)[C@H]1O. The van der Waals surface area contributed by atoms with Crippen molar-refractivity contribution in [3.05, 3.63) is 0 Å². The van der Waals surface area contributed by atoms with Crippen LogP contribution in [0.5, 0.6) is 0 Å². The molecule has 0 spiro atoms. The Bertz CT molecular complexity index is 122. The van der Waals surface area contributed by atoms with Crippen molar-refractivity contribution in [2.24, 2.45) is 5.73 Å². The lowest BCUT2D eigenvalue weighted by molar-refractivity contribution is 0.0255. The maximum atomic E-state index is 9.26. The number of hydrogen-bond donors (Lipinski definition) is 2. The van der Waals surface area contributed by atoms with Gasteiger partial charge in [0.05, 0.1) is 23.7 Å². The smallest absolute Gasteiger partial charge is 0.0988 e. The van der Waals surface area contributed by atoms with Gasteiger partial charge in [-0.3, -0.25) is 0 Å². The van der Waals surface area contributed by atoms with Crippen molar-refractivity contribution in [1.82, 2.24) is 0 Å². The number of aliphatic hydroxyl groups is 1. The fourth-order valence-electron chi connectivity index (χ4n) is 1.10. The van der Waals surface area contributed by atoms with E-state index in [4.69, 9.17) is 22.1 Å². The molecule has 0 bridgehead atoms. The molecular weight excluding hydrogens is 154 g/mol. The summed E-state index contributed by atoms with van der Waals surface area (Å²) in [5.74, 6) is 0. The maximum absolute atomic E-state index is 9.26. The molecule has 1 saturated heterocycles. The van der Waals surface area contributed by atoms with Crippen LogP contribution in [-0.4, -0.2) is 35.3 Å². The van der Waals surface area contributed by atoms with E-state index in [0.29, 0.717) is 6.54 Å². The topological polar surface area (TPSA) is 55.5 Å². The summed E-state index contributed by atoms with van der Waals surface area (Å²) in [4.78, 5) is 0. The number of nitrogens with two attached hydrogens (primary N) is 1. The standard InChI is InChI=1S/C6H12ClNO2/c1-3-6(9)5(7)4(2-8)10-3/h3-6,9H,2,8H2,1H3/t3-,4+,5-,6-/m0/s1. The van der Waals surface area contributed by atoms with Gasteiger partial charge in [-0.25, -0.2) is 0 Å². The molecule has 1 aliphatic heterocycles. The van der Waals surface area contributed by atoms with Crippen molar-refractivity contribution in [1.29, 1.82) is 0 Å². The van der Waals surface area contributed by atoms with Crippen molar-refractivity contribution in [3.63, 3.8) is 0 Å². The van der Waals surface area contributed by atoms with Gasteiger partial charge in [-0.05, 0) is 6.92 Å². The van der Waals surface area contributed by atoms with Gasteiger partial charge in [0.2, 0.25) is 0 Å². The summed E-state index contributed by atoms with van der Waals surface area (Å²) in [6.45, 7) is 2.16. The molecule has 1 aliphatic rings. The summed E-state index contributed by atoms with van der Waals surface area (Å²) < 4.78 is 5.23. The van der Waals surface area contributed by atoms with E-state index in [1.54, 1.807) is 6.92 Å². The first-order chi connectivity index (χ1) is 4.66. The lowest BCUT2D eigenvalue weighted by Gasteiger charge is -2.09. The normalized spacial score (nSPS) is 48.0. The van der Waals surface area contributed by atoms with Gasteiger partial charge in [-0.15, -0.1) is 11.6 Å². The highest BCUT2D eigenvalue weighted by Crippen LogP contribution is 2.24. The van der Waals surface area contributed by atoms with Gasteiger partial charge in [-0.2, -0.15) is 0 Å². The Kier molecular flexibility index (Phi) is 2.52. The van der Waals surface area contributed by atoms with Crippen molar-refractivity contribution in [2.45, 2.75) is 30.6 Å². The molecule has 0 amide bonds. The van der Waals surface area contributed by atoms with Crippen LogP contribution in [0.1, 0.15) is 6.92 Å². The minimum absolute atomic E-state index is 0.184. The molecule has 0 unspecified atom stereocenters. The third-order valence-corrected chi connectivity index (χ3v) is 2.32. The third kappa shape index (κ3) is 1.27.